The number of amides is 1. The number of carbonyl (C=O) groups excluding carboxylic acids is 1. The molecule has 1 aromatic heterocycles. The van der Waals surface area contributed by atoms with Crippen molar-refractivity contribution in [1.82, 2.24) is 14.5 Å². The van der Waals surface area contributed by atoms with Crippen LogP contribution in [0.2, 0.25) is 0 Å². The van der Waals surface area contributed by atoms with Gasteiger partial charge in [0.15, 0.2) is 0 Å². The third-order valence-corrected chi connectivity index (χ3v) is 4.74. The van der Waals surface area contributed by atoms with Gasteiger partial charge in [-0.1, -0.05) is 19.1 Å². The molecule has 1 fully saturated rings. The van der Waals surface area contributed by atoms with E-state index in [0.29, 0.717) is 18.9 Å². The van der Waals surface area contributed by atoms with Crippen molar-refractivity contribution in [2.75, 3.05) is 13.1 Å². The molecule has 1 aliphatic heterocycles. The highest BCUT2D eigenvalue weighted by atomic mass is 16.4. The third kappa shape index (κ3) is 3.48. The van der Waals surface area contributed by atoms with Gasteiger partial charge in [0.1, 0.15) is 0 Å². The molecule has 1 N–H and O–H groups in total. The minimum atomic E-state index is -0.957. The lowest BCUT2D eigenvalue weighted by Crippen LogP contribution is -2.44. The summed E-state index contributed by atoms with van der Waals surface area (Å²) in [4.78, 5) is 29.5. The zero-order valence-electron chi connectivity index (χ0n) is 13.6. The largest absolute Gasteiger partial charge is 0.478 e. The minimum Gasteiger partial charge on any atom is -0.478 e. The second kappa shape index (κ2) is 6.86. The van der Waals surface area contributed by atoms with Crippen LogP contribution in [0.25, 0.3) is 0 Å². The summed E-state index contributed by atoms with van der Waals surface area (Å²) < 4.78 is 2.08. The van der Waals surface area contributed by atoms with Crippen LogP contribution in [0.5, 0.6) is 0 Å². The van der Waals surface area contributed by atoms with Gasteiger partial charge in [0, 0.05) is 25.5 Å². The van der Waals surface area contributed by atoms with Gasteiger partial charge in [0.25, 0.3) is 0 Å². The van der Waals surface area contributed by atoms with Gasteiger partial charge in [-0.3, -0.25) is 4.79 Å². The fraction of sp³-hybridized carbons (Fsp3) is 0.389. The smallest absolute Gasteiger partial charge is 0.335 e. The second-order valence-corrected chi connectivity index (χ2v) is 6.36. The number of aromatic nitrogens is 2. The number of hydrogen-bond acceptors (Lipinski definition) is 3. The molecule has 0 saturated carbocycles. The Kier molecular flexibility index (Phi) is 4.64. The fourth-order valence-electron chi connectivity index (χ4n) is 3.18. The Morgan fingerprint density at radius 1 is 1.29 bits per heavy atom. The number of hydrogen-bond donors (Lipinski definition) is 1. The van der Waals surface area contributed by atoms with Crippen LogP contribution < -0.4 is 0 Å². The van der Waals surface area contributed by atoms with Crippen molar-refractivity contribution in [1.29, 1.82) is 0 Å². The van der Waals surface area contributed by atoms with Gasteiger partial charge in [0.05, 0.1) is 24.4 Å². The van der Waals surface area contributed by atoms with Crippen LogP contribution >= 0.6 is 0 Å². The lowest BCUT2D eigenvalue weighted by molar-refractivity contribution is -0.132. The molecule has 1 aliphatic rings. The molecule has 2 atom stereocenters. The number of carboxylic acid groups (broad SMARTS) is 1. The van der Waals surface area contributed by atoms with Gasteiger partial charge in [0.2, 0.25) is 5.91 Å². The molecule has 2 unspecified atom stereocenters. The lowest BCUT2D eigenvalue weighted by atomic mass is 9.93. The zero-order valence-corrected chi connectivity index (χ0v) is 13.6. The number of likely N-dealkylation sites (tertiary alicyclic amines) is 1. The van der Waals surface area contributed by atoms with E-state index in [-0.39, 0.29) is 17.5 Å². The van der Waals surface area contributed by atoms with E-state index < -0.39 is 5.97 Å². The number of carbonyl (C=O) groups is 2. The van der Waals surface area contributed by atoms with E-state index in [0.717, 1.165) is 18.5 Å². The highest BCUT2D eigenvalue weighted by Crippen LogP contribution is 2.27. The van der Waals surface area contributed by atoms with Crippen molar-refractivity contribution in [3.05, 3.63) is 54.1 Å². The first-order chi connectivity index (χ1) is 11.5. The van der Waals surface area contributed by atoms with E-state index in [4.69, 9.17) is 5.11 Å². The maximum absolute atomic E-state index is 12.6. The first kappa shape index (κ1) is 16.2. The maximum atomic E-state index is 12.6. The number of piperidine rings is 1. The maximum Gasteiger partial charge on any atom is 0.335 e. The van der Waals surface area contributed by atoms with E-state index in [1.54, 1.807) is 24.7 Å². The minimum absolute atomic E-state index is 0.0788. The van der Waals surface area contributed by atoms with Crippen molar-refractivity contribution in [3.63, 3.8) is 0 Å². The summed E-state index contributed by atoms with van der Waals surface area (Å²) in [6.45, 7) is 3.65. The molecule has 1 amide bonds. The van der Waals surface area contributed by atoms with E-state index in [2.05, 4.69) is 16.5 Å². The third-order valence-electron chi connectivity index (χ3n) is 4.74. The molecule has 1 aromatic carbocycles. The summed E-state index contributed by atoms with van der Waals surface area (Å²) in [5, 5.41) is 8.92. The molecule has 0 aliphatic carbocycles. The average Bonchev–Trinajstić information content (AvgIpc) is 3.10. The predicted molar refractivity (Wildman–Crippen MR) is 88.7 cm³/mol. The molecule has 126 valence electrons. The molecule has 2 heterocycles. The highest BCUT2D eigenvalue weighted by Gasteiger charge is 2.29. The van der Waals surface area contributed by atoms with Crippen molar-refractivity contribution < 1.29 is 14.7 Å². The Morgan fingerprint density at radius 2 is 2.04 bits per heavy atom. The quantitative estimate of drug-likeness (QED) is 0.934. The standard InChI is InChI=1S/C18H21N3O3/c1-13-6-8-20(11-16(13)21-9-7-19-12-21)17(22)10-14-2-4-15(5-3-14)18(23)24/h2-5,7,9,12-13,16H,6,8,10-11H2,1H3,(H,23,24). The van der Waals surface area contributed by atoms with Crippen LogP contribution in [0.4, 0.5) is 0 Å². The van der Waals surface area contributed by atoms with Gasteiger partial charge < -0.3 is 14.6 Å². The lowest BCUT2D eigenvalue weighted by Gasteiger charge is -2.37. The van der Waals surface area contributed by atoms with Gasteiger partial charge in [-0.05, 0) is 30.0 Å². The molecule has 2 aromatic rings. The summed E-state index contributed by atoms with van der Waals surface area (Å²) in [7, 11) is 0. The Labute approximate surface area is 140 Å². The fourth-order valence-corrected chi connectivity index (χ4v) is 3.18. The van der Waals surface area contributed by atoms with E-state index >= 15 is 0 Å². The Bertz CT molecular complexity index is 710. The summed E-state index contributed by atoms with van der Waals surface area (Å²) in [5.74, 6) is -0.380. The first-order valence-electron chi connectivity index (χ1n) is 8.12. The van der Waals surface area contributed by atoms with Crippen LogP contribution in [0.15, 0.2) is 43.0 Å². The monoisotopic (exact) mass is 327 g/mol. The molecule has 6 heteroatoms. The Balaban J connectivity index is 1.65. The molecular weight excluding hydrogens is 306 g/mol. The molecule has 3 rings (SSSR count). The number of carboxylic acids is 1. The second-order valence-electron chi connectivity index (χ2n) is 6.36. The summed E-state index contributed by atoms with van der Waals surface area (Å²) in [5.41, 5.74) is 1.07. The predicted octanol–water partition coefficient (Wildman–Crippen LogP) is 2.23. The van der Waals surface area contributed by atoms with Crippen molar-refractivity contribution in [3.8, 4) is 0 Å². The number of rotatable bonds is 4. The SMILES string of the molecule is CC1CCN(C(=O)Cc2ccc(C(=O)O)cc2)CC1n1ccnc1. The number of benzene rings is 1. The summed E-state index contributed by atoms with van der Waals surface area (Å²) >= 11 is 0. The van der Waals surface area contributed by atoms with Crippen LogP contribution in [0.3, 0.4) is 0 Å². The van der Waals surface area contributed by atoms with Gasteiger partial charge in [-0.25, -0.2) is 9.78 Å². The molecule has 0 spiro atoms. The highest BCUT2D eigenvalue weighted by molar-refractivity contribution is 5.87. The molecular formula is C18H21N3O3. The molecule has 24 heavy (non-hydrogen) atoms. The first-order valence-corrected chi connectivity index (χ1v) is 8.12. The van der Waals surface area contributed by atoms with E-state index in [9.17, 15) is 9.59 Å². The Morgan fingerprint density at radius 3 is 2.67 bits per heavy atom. The molecule has 0 radical (unpaired) electrons. The number of nitrogens with zero attached hydrogens (tertiary/aromatic N) is 3. The van der Waals surface area contributed by atoms with Crippen LogP contribution in [-0.2, 0) is 11.2 Å². The molecule has 6 nitrogen and oxygen atoms in total. The van der Waals surface area contributed by atoms with Crippen molar-refractivity contribution in [2.24, 2.45) is 5.92 Å². The molecule has 1 saturated heterocycles. The zero-order chi connectivity index (χ0) is 17.1. The van der Waals surface area contributed by atoms with Crippen LogP contribution in [-0.4, -0.2) is 44.5 Å². The number of imidazole rings is 1. The Hall–Kier alpha value is -2.63. The normalized spacial score (nSPS) is 20.8. The summed E-state index contributed by atoms with van der Waals surface area (Å²) in [6.07, 6.45) is 6.77. The van der Waals surface area contributed by atoms with E-state index in [1.165, 1.54) is 12.1 Å². The molecule has 0 bridgehead atoms. The summed E-state index contributed by atoms with van der Waals surface area (Å²) in [6, 6.07) is 6.75. The van der Waals surface area contributed by atoms with Crippen molar-refractivity contribution >= 4 is 11.9 Å². The van der Waals surface area contributed by atoms with Crippen molar-refractivity contribution in [2.45, 2.75) is 25.8 Å². The van der Waals surface area contributed by atoms with Crippen LogP contribution in [0.1, 0.15) is 35.3 Å². The number of aromatic carboxylic acids is 1. The van der Waals surface area contributed by atoms with Crippen LogP contribution in [0, 0.1) is 5.92 Å². The van der Waals surface area contributed by atoms with Gasteiger partial charge >= 0.3 is 5.97 Å². The van der Waals surface area contributed by atoms with Gasteiger partial charge in [-0.2, -0.15) is 0 Å². The topological polar surface area (TPSA) is 75.4 Å². The average molecular weight is 327 g/mol. The van der Waals surface area contributed by atoms with E-state index in [1.807, 2.05) is 11.1 Å². The van der Waals surface area contributed by atoms with Gasteiger partial charge in [-0.15, -0.1) is 0 Å².